The fourth-order valence-corrected chi connectivity index (χ4v) is 2.97. The zero-order valence-corrected chi connectivity index (χ0v) is 14.0. The summed E-state index contributed by atoms with van der Waals surface area (Å²) in [5.74, 6) is 5.48. The number of benzene rings is 2. The molecule has 0 saturated heterocycles. The minimum atomic E-state index is -0.205. The zero-order chi connectivity index (χ0) is 14.0. The molecular weight excluding hydrogens is 422 g/mol. The second-order valence-corrected chi connectivity index (χ2v) is 6.35. The molecule has 2 aromatic carbocycles. The number of hydrazine groups is 1. The number of rotatable bonds is 3. The summed E-state index contributed by atoms with van der Waals surface area (Å²) in [5.41, 5.74) is 5.42. The van der Waals surface area contributed by atoms with Gasteiger partial charge in [-0.15, -0.1) is 0 Å². The van der Waals surface area contributed by atoms with E-state index < -0.39 is 0 Å². The Bertz CT molecular complexity index is 604. The maximum Gasteiger partial charge on any atom is 0.126 e. The van der Waals surface area contributed by atoms with Gasteiger partial charge in [0.2, 0.25) is 0 Å². The van der Waals surface area contributed by atoms with Crippen LogP contribution in [0, 0.1) is 16.3 Å². The van der Waals surface area contributed by atoms with E-state index >= 15 is 0 Å². The van der Waals surface area contributed by atoms with Gasteiger partial charge in [0.1, 0.15) is 5.82 Å². The van der Waals surface area contributed by atoms with E-state index in [1.165, 1.54) is 6.07 Å². The highest BCUT2D eigenvalue weighted by molar-refractivity contribution is 14.1. The Morgan fingerprint density at radius 1 is 1.26 bits per heavy atom. The van der Waals surface area contributed by atoms with Gasteiger partial charge in [0.25, 0.3) is 0 Å². The van der Waals surface area contributed by atoms with E-state index in [-0.39, 0.29) is 11.9 Å². The number of nitrogens with one attached hydrogen (secondary N) is 1. The Balaban J connectivity index is 2.49. The Morgan fingerprint density at radius 2 is 2.00 bits per heavy atom. The minimum Gasteiger partial charge on any atom is -0.271 e. The first-order valence-corrected chi connectivity index (χ1v) is 7.57. The van der Waals surface area contributed by atoms with Gasteiger partial charge in [0, 0.05) is 8.04 Å². The molecule has 0 saturated carbocycles. The Labute approximate surface area is 133 Å². The molecule has 0 radical (unpaired) electrons. The Morgan fingerprint density at radius 3 is 2.63 bits per heavy atom. The van der Waals surface area contributed by atoms with Crippen molar-refractivity contribution in [3.63, 3.8) is 0 Å². The lowest BCUT2D eigenvalue weighted by atomic mass is 9.98. The predicted molar refractivity (Wildman–Crippen MR) is 87.2 cm³/mol. The number of hydrogen-bond acceptors (Lipinski definition) is 2. The van der Waals surface area contributed by atoms with Crippen molar-refractivity contribution in [3.05, 3.63) is 66.9 Å². The molecule has 100 valence electrons. The highest BCUT2D eigenvalue weighted by atomic mass is 127. The van der Waals surface area contributed by atoms with Crippen molar-refractivity contribution in [1.29, 1.82) is 0 Å². The molecule has 2 rings (SSSR count). The van der Waals surface area contributed by atoms with E-state index in [4.69, 9.17) is 5.84 Å². The third-order valence-electron chi connectivity index (χ3n) is 2.95. The maximum absolute atomic E-state index is 13.4. The summed E-state index contributed by atoms with van der Waals surface area (Å²) in [5, 5.41) is 0. The average Bonchev–Trinajstić information content (AvgIpc) is 2.38. The summed E-state index contributed by atoms with van der Waals surface area (Å²) in [6, 6.07) is 10.9. The monoisotopic (exact) mass is 434 g/mol. The van der Waals surface area contributed by atoms with Crippen LogP contribution in [-0.4, -0.2) is 0 Å². The quantitative estimate of drug-likeness (QED) is 0.434. The first kappa shape index (κ1) is 14.9. The van der Waals surface area contributed by atoms with Crippen molar-refractivity contribution in [2.45, 2.75) is 13.0 Å². The molecular formula is C14H13BrFIN2. The van der Waals surface area contributed by atoms with Crippen LogP contribution in [0.3, 0.4) is 0 Å². The summed E-state index contributed by atoms with van der Waals surface area (Å²) in [6.45, 7) is 1.75. The van der Waals surface area contributed by atoms with Crippen LogP contribution >= 0.6 is 38.5 Å². The van der Waals surface area contributed by atoms with E-state index in [0.717, 1.165) is 19.2 Å². The maximum atomic E-state index is 13.4. The Hall–Kier alpha value is -0.500. The van der Waals surface area contributed by atoms with E-state index in [0.29, 0.717) is 5.56 Å². The van der Waals surface area contributed by atoms with Gasteiger partial charge >= 0.3 is 0 Å². The third kappa shape index (κ3) is 3.34. The van der Waals surface area contributed by atoms with Crippen LogP contribution in [0.5, 0.6) is 0 Å². The molecule has 0 aliphatic carbocycles. The summed E-state index contributed by atoms with van der Waals surface area (Å²) in [6.07, 6.45) is 0. The molecule has 19 heavy (non-hydrogen) atoms. The first-order valence-electron chi connectivity index (χ1n) is 5.70. The Kier molecular flexibility index (Phi) is 4.94. The van der Waals surface area contributed by atoms with Crippen LogP contribution in [0.15, 0.2) is 40.9 Å². The number of nitrogens with two attached hydrogens (primary N) is 1. The zero-order valence-electron chi connectivity index (χ0n) is 10.3. The topological polar surface area (TPSA) is 38.0 Å². The van der Waals surface area contributed by atoms with Gasteiger partial charge in [-0.3, -0.25) is 5.84 Å². The molecule has 0 aliphatic rings. The second kappa shape index (κ2) is 6.30. The first-order chi connectivity index (χ1) is 9.02. The average molecular weight is 435 g/mol. The molecule has 5 heteroatoms. The third-order valence-corrected chi connectivity index (χ3v) is 4.43. The molecule has 0 aliphatic heterocycles. The minimum absolute atomic E-state index is 0.163. The van der Waals surface area contributed by atoms with Crippen LogP contribution in [0.2, 0.25) is 0 Å². The van der Waals surface area contributed by atoms with Gasteiger partial charge in [-0.1, -0.05) is 28.1 Å². The second-order valence-electron chi connectivity index (χ2n) is 4.27. The van der Waals surface area contributed by atoms with Crippen molar-refractivity contribution in [3.8, 4) is 0 Å². The van der Waals surface area contributed by atoms with E-state index in [2.05, 4.69) is 43.9 Å². The van der Waals surface area contributed by atoms with E-state index in [1.54, 1.807) is 13.0 Å². The molecule has 0 spiro atoms. The molecule has 0 heterocycles. The van der Waals surface area contributed by atoms with Gasteiger partial charge in [-0.05, 0) is 70.5 Å². The largest absolute Gasteiger partial charge is 0.271 e. The van der Waals surface area contributed by atoms with Crippen molar-refractivity contribution in [1.82, 2.24) is 5.43 Å². The van der Waals surface area contributed by atoms with Gasteiger partial charge in [-0.2, -0.15) is 0 Å². The fourth-order valence-electron chi connectivity index (χ4n) is 1.95. The molecule has 0 fully saturated rings. The van der Waals surface area contributed by atoms with Gasteiger partial charge in [0.05, 0.1) is 6.04 Å². The number of aryl methyl sites for hydroxylation is 1. The molecule has 3 N–H and O–H groups in total. The summed E-state index contributed by atoms with van der Waals surface area (Å²) >= 11 is 5.73. The normalized spacial score (nSPS) is 12.5. The van der Waals surface area contributed by atoms with Crippen LogP contribution in [0.1, 0.15) is 22.7 Å². The molecule has 1 atom stereocenters. The lowest BCUT2D eigenvalue weighted by Crippen LogP contribution is -2.29. The van der Waals surface area contributed by atoms with Crippen LogP contribution in [-0.2, 0) is 0 Å². The highest BCUT2D eigenvalue weighted by Crippen LogP contribution is 2.29. The molecule has 2 aromatic rings. The number of halogens is 3. The summed E-state index contributed by atoms with van der Waals surface area (Å²) in [7, 11) is 0. The summed E-state index contributed by atoms with van der Waals surface area (Å²) < 4.78 is 15.4. The SMILES string of the molecule is Cc1cc(C(NN)c2cc(Br)ccc2I)ccc1F. The van der Waals surface area contributed by atoms with E-state index in [1.807, 2.05) is 24.3 Å². The van der Waals surface area contributed by atoms with Crippen molar-refractivity contribution in [2.75, 3.05) is 0 Å². The van der Waals surface area contributed by atoms with Crippen LogP contribution < -0.4 is 11.3 Å². The number of hydrogen-bond donors (Lipinski definition) is 2. The van der Waals surface area contributed by atoms with Crippen molar-refractivity contribution >= 4 is 38.5 Å². The van der Waals surface area contributed by atoms with Crippen LogP contribution in [0.25, 0.3) is 0 Å². The molecule has 1 unspecified atom stereocenters. The molecule has 0 bridgehead atoms. The van der Waals surface area contributed by atoms with Crippen LogP contribution in [0.4, 0.5) is 4.39 Å². The van der Waals surface area contributed by atoms with Crippen molar-refractivity contribution in [2.24, 2.45) is 5.84 Å². The standard InChI is InChI=1S/C14H13BrFIN2/c1-8-6-9(2-4-12(8)16)14(19-18)11-7-10(15)3-5-13(11)17/h2-7,14,19H,18H2,1H3. The fraction of sp³-hybridized carbons (Fsp3) is 0.143. The predicted octanol–water partition coefficient (Wildman–Crippen LogP) is 4.05. The molecule has 2 nitrogen and oxygen atoms in total. The smallest absolute Gasteiger partial charge is 0.126 e. The van der Waals surface area contributed by atoms with Crippen molar-refractivity contribution < 1.29 is 4.39 Å². The lowest BCUT2D eigenvalue weighted by Gasteiger charge is -2.19. The summed E-state index contributed by atoms with van der Waals surface area (Å²) in [4.78, 5) is 0. The molecule has 0 aromatic heterocycles. The lowest BCUT2D eigenvalue weighted by molar-refractivity contribution is 0.607. The van der Waals surface area contributed by atoms with E-state index in [9.17, 15) is 4.39 Å². The molecule has 0 amide bonds. The van der Waals surface area contributed by atoms with Gasteiger partial charge in [0.15, 0.2) is 0 Å². The van der Waals surface area contributed by atoms with Gasteiger partial charge in [-0.25, -0.2) is 9.82 Å². The highest BCUT2D eigenvalue weighted by Gasteiger charge is 2.16. The van der Waals surface area contributed by atoms with Gasteiger partial charge < -0.3 is 0 Å².